The maximum absolute atomic E-state index is 12.8. The highest BCUT2D eigenvalue weighted by molar-refractivity contribution is 6.48. The van der Waals surface area contributed by atoms with Crippen LogP contribution in [0.25, 0.3) is 10.8 Å². The molecule has 7 rings (SSSR count). The summed E-state index contributed by atoms with van der Waals surface area (Å²) in [6, 6.07) is 4.66. The summed E-state index contributed by atoms with van der Waals surface area (Å²) in [6.45, 7) is 23.0. The van der Waals surface area contributed by atoms with Gasteiger partial charge in [-0.15, -0.1) is 0 Å². The van der Waals surface area contributed by atoms with Gasteiger partial charge in [0.1, 0.15) is 0 Å². The number of phenols is 2. The van der Waals surface area contributed by atoms with E-state index < -0.39 is 92.3 Å². The third-order valence-corrected chi connectivity index (χ3v) is 12.5. The lowest BCUT2D eigenvalue weighted by Gasteiger charge is -2.32. The third kappa shape index (κ3) is 12.5. The maximum Gasteiger partial charge on any atom is 0.373 e. The average molecular weight is 983 g/mol. The predicted molar refractivity (Wildman–Crippen MR) is 259 cm³/mol. The van der Waals surface area contributed by atoms with Gasteiger partial charge in [-0.1, -0.05) is 106 Å². The number of carbonyl (C=O) groups excluding carboxylic acids is 10. The van der Waals surface area contributed by atoms with Crippen LogP contribution in [-0.4, -0.2) is 89.0 Å². The maximum atomic E-state index is 12.8. The number of carbonyl (C=O) groups is 8. The molecule has 17 heteroatoms. The van der Waals surface area contributed by atoms with Crippen LogP contribution in [0.1, 0.15) is 106 Å². The van der Waals surface area contributed by atoms with Crippen molar-refractivity contribution in [2.45, 2.75) is 101 Å². The summed E-state index contributed by atoms with van der Waals surface area (Å²) in [5.74, 6) is -9.11. The molecule has 1 saturated carbocycles. The highest BCUT2D eigenvalue weighted by Crippen LogP contribution is 2.55. The second kappa shape index (κ2) is 24.0. The summed E-state index contributed by atoms with van der Waals surface area (Å²) < 4.78 is 0. The van der Waals surface area contributed by atoms with E-state index in [1.54, 1.807) is 12.1 Å². The molecule has 17 nitrogen and oxygen atoms in total. The van der Waals surface area contributed by atoms with Crippen molar-refractivity contribution < 1.29 is 79.0 Å². The van der Waals surface area contributed by atoms with Crippen LogP contribution in [0, 0.1) is 41.4 Å². The van der Waals surface area contributed by atoms with Crippen LogP contribution < -0.4 is 5.43 Å². The van der Waals surface area contributed by atoms with E-state index in [0.29, 0.717) is 28.0 Å². The van der Waals surface area contributed by atoms with Crippen molar-refractivity contribution in [2.24, 2.45) is 41.4 Å². The van der Waals surface area contributed by atoms with E-state index in [9.17, 15) is 63.6 Å². The van der Waals surface area contributed by atoms with Gasteiger partial charge in [0, 0.05) is 5.92 Å². The summed E-state index contributed by atoms with van der Waals surface area (Å²) in [5, 5.41) is 50.5. The van der Waals surface area contributed by atoms with Crippen molar-refractivity contribution in [1.29, 1.82) is 0 Å². The first-order chi connectivity index (χ1) is 32.4. The van der Waals surface area contributed by atoms with Crippen LogP contribution in [0.5, 0.6) is 17.2 Å². The lowest BCUT2D eigenvalue weighted by molar-refractivity contribution is -0.191. The van der Waals surface area contributed by atoms with Crippen LogP contribution >= 0.6 is 0 Å². The predicted octanol–water partition coefficient (Wildman–Crippen LogP) is 5.64. The molecule has 0 heterocycles. The van der Waals surface area contributed by atoms with Gasteiger partial charge in [-0.25, -0.2) is 0 Å². The molecule has 0 aromatic heterocycles. The van der Waals surface area contributed by atoms with Crippen LogP contribution in [0.2, 0.25) is 0 Å². The Morgan fingerprint density at radius 2 is 1.08 bits per heavy atom. The molecular weight excluding hydrogens is 921 g/mol. The molecule has 2 aromatic carbocycles. The minimum Gasteiger partial charge on any atom is -0.504 e. The van der Waals surface area contributed by atoms with Crippen molar-refractivity contribution in [2.75, 3.05) is 0 Å². The largest absolute Gasteiger partial charge is 0.504 e. The van der Waals surface area contributed by atoms with E-state index in [0.717, 1.165) is 16.7 Å². The molecular formula is C54H62O17. The number of fused-ring (bicyclic) bond motifs is 6. The van der Waals surface area contributed by atoms with Crippen molar-refractivity contribution in [3.05, 3.63) is 110 Å². The fraction of sp³-hybridized carbons (Fsp3) is 0.407. The van der Waals surface area contributed by atoms with Gasteiger partial charge < -0.3 is 31.0 Å². The van der Waals surface area contributed by atoms with Gasteiger partial charge in [-0.3, -0.25) is 43.2 Å². The number of rotatable bonds is 6. The fourth-order valence-electron chi connectivity index (χ4n) is 8.55. The zero-order valence-corrected chi connectivity index (χ0v) is 41.7. The molecule has 71 heavy (non-hydrogen) atoms. The topological polar surface area (TPSA) is 320 Å². The Balaban J connectivity index is 0.000000330. The second-order valence-corrected chi connectivity index (χ2v) is 19.2. The Morgan fingerprint density at radius 1 is 0.549 bits per heavy atom. The molecule has 7 N–H and O–H groups in total. The van der Waals surface area contributed by atoms with Crippen LogP contribution in [0.4, 0.5) is 0 Å². The van der Waals surface area contributed by atoms with Gasteiger partial charge in [0.15, 0.2) is 40.2 Å². The number of benzene rings is 1. The number of aromatic hydroxyl groups is 3. The van der Waals surface area contributed by atoms with E-state index >= 15 is 0 Å². The lowest BCUT2D eigenvalue weighted by Crippen LogP contribution is -2.54. The van der Waals surface area contributed by atoms with Gasteiger partial charge in [0.25, 0.3) is 5.78 Å². The van der Waals surface area contributed by atoms with E-state index in [1.807, 2.05) is 83.1 Å². The van der Waals surface area contributed by atoms with Gasteiger partial charge in [-0.05, 0) is 112 Å². The van der Waals surface area contributed by atoms with Gasteiger partial charge >= 0.3 is 6.15 Å². The van der Waals surface area contributed by atoms with E-state index in [-0.39, 0.29) is 52.4 Å². The number of aliphatic hydroxyl groups is 2. The number of hydrogen-bond donors (Lipinski definition) is 5. The van der Waals surface area contributed by atoms with E-state index in [2.05, 4.69) is 0 Å². The Hall–Kier alpha value is -7.33. The minimum absolute atomic E-state index is 0. The molecule has 0 amide bonds. The highest BCUT2D eigenvalue weighted by atomic mass is 16.3. The number of Topliss-reactive ketones (excluding diaryl/α,β-unsaturated/α-hetero) is 3. The first-order valence-corrected chi connectivity index (χ1v) is 22.7. The number of phenolic OH excluding ortho intramolecular Hbond substituents is 2. The van der Waals surface area contributed by atoms with Crippen LogP contribution in [0.3, 0.4) is 0 Å². The molecule has 2 bridgehead atoms. The van der Waals surface area contributed by atoms with Crippen molar-refractivity contribution >= 4 is 63.2 Å². The van der Waals surface area contributed by atoms with Crippen molar-refractivity contribution in [3.8, 4) is 17.2 Å². The first-order valence-electron chi connectivity index (χ1n) is 22.7. The molecule has 0 radical (unpaired) electrons. The average Bonchev–Trinajstić information content (AvgIpc) is 3.34. The van der Waals surface area contributed by atoms with Crippen LogP contribution in [0.15, 0.2) is 93.6 Å². The minimum atomic E-state index is -2.38. The number of aliphatic hydroxyl groups excluding tert-OH is 1. The first kappa shape index (κ1) is 59.8. The molecule has 0 saturated heterocycles. The zero-order chi connectivity index (χ0) is 53.6. The Kier molecular flexibility index (Phi) is 20.2. The molecule has 5 aliphatic carbocycles. The van der Waals surface area contributed by atoms with Crippen LogP contribution in [-0.2, 0) is 47.9 Å². The Bertz CT molecular complexity index is 2830. The Labute approximate surface area is 410 Å². The SMILES string of the molecule is CC(C)C1=CC(=O)C(=O)C(O)=C1.CC(C)C1=CC(=O)C(=O)C=C1.CC(C)C1=CC(=O)C2(O)C(=O)C1C1C(C(C)C)=CC(=O)C(=O)C12.CC(C)c1cc(=O)c(O)c2c(O)c(O)cc(C(C)C)c2c1.O.O=C=O. The summed E-state index contributed by atoms with van der Waals surface area (Å²) in [5.41, 5.74) is 1.54. The Morgan fingerprint density at radius 3 is 1.55 bits per heavy atom. The number of allylic oxidation sites excluding steroid dienone is 11. The van der Waals surface area contributed by atoms with E-state index in [4.69, 9.17) is 14.7 Å². The summed E-state index contributed by atoms with van der Waals surface area (Å²) in [4.78, 5) is 121. The summed E-state index contributed by atoms with van der Waals surface area (Å²) in [6.07, 6.45) is 9.92. The third-order valence-electron chi connectivity index (χ3n) is 12.5. The highest BCUT2D eigenvalue weighted by Gasteiger charge is 2.70. The summed E-state index contributed by atoms with van der Waals surface area (Å²) >= 11 is 0. The van der Waals surface area contributed by atoms with Gasteiger partial charge in [0.05, 0.1) is 17.2 Å². The lowest BCUT2D eigenvalue weighted by atomic mass is 9.69. The quantitative estimate of drug-likeness (QED) is 0.101. The van der Waals surface area contributed by atoms with Gasteiger partial charge in [0.2, 0.25) is 34.3 Å². The zero-order valence-electron chi connectivity index (χ0n) is 41.7. The smallest absolute Gasteiger partial charge is 0.373 e. The monoisotopic (exact) mass is 982 g/mol. The normalized spacial score (nSPS) is 21.1. The van der Waals surface area contributed by atoms with Gasteiger partial charge in [-0.2, -0.15) is 9.59 Å². The standard InChI is InChI=1S/C18H20O5.C17H20O4.C9H10O3.C9H10O2.CO2.H2O/c1-7(2)9-5-11(19)16(21)15-13(9)14-10(8(3)4)6-12(20)18(15,23)17(14)22;1-8(2)10-5-12-11(9(3)4)7-14(19)17(21)15(12)16(20)13(18)6-10;1-5(2)6-3-7(10)9(12)8(11)4-6;1-6(2)7-3-4-8(10)9(11)5-7;2-1-3;/h5-8,13-15,23H,1-4H3;5-9,19,21H,1-4H3,(H,18,20);3-5,10H,1-2H3;3-6H,1-2H3;;1H2. The van der Waals surface area contributed by atoms with E-state index in [1.165, 1.54) is 48.6 Å². The molecule has 4 unspecified atom stereocenters. The molecule has 5 aliphatic rings. The molecule has 1 fully saturated rings. The summed E-state index contributed by atoms with van der Waals surface area (Å²) in [7, 11) is 0. The second-order valence-electron chi connectivity index (χ2n) is 19.2. The number of hydrogen-bond acceptors (Lipinski definition) is 16. The van der Waals surface area contributed by atoms with Crippen molar-refractivity contribution in [3.63, 3.8) is 0 Å². The molecule has 0 aliphatic heterocycles. The molecule has 0 spiro atoms. The van der Waals surface area contributed by atoms with Crippen molar-refractivity contribution in [1.82, 2.24) is 0 Å². The number of ketones is 8. The molecule has 2 aromatic rings. The molecule has 4 atom stereocenters. The molecule has 380 valence electrons. The fourth-order valence-corrected chi connectivity index (χ4v) is 8.55.